The maximum Gasteiger partial charge on any atom is 0.325 e. The van der Waals surface area contributed by atoms with Gasteiger partial charge < -0.3 is 19.7 Å². The van der Waals surface area contributed by atoms with E-state index in [1.54, 1.807) is 0 Å². The van der Waals surface area contributed by atoms with E-state index in [2.05, 4.69) is 10.6 Å². The van der Waals surface area contributed by atoms with Crippen molar-refractivity contribution < 1.29 is 23.9 Å². The minimum Gasteiger partial charge on any atom is -0.486 e. The first-order valence-electron chi connectivity index (χ1n) is 7.36. The maximum absolute atomic E-state index is 11.8. The molecule has 2 aliphatic rings. The van der Waals surface area contributed by atoms with E-state index in [1.807, 2.05) is 24.3 Å². The number of ether oxygens (including phenoxy) is 2. The van der Waals surface area contributed by atoms with Crippen molar-refractivity contribution >= 4 is 17.8 Å². The van der Waals surface area contributed by atoms with E-state index in [-0.39, 0.29) is 25.1 Å². The molecule has 0 saturated carbocycles. The summed E-state index contributed by atoms with van der Waals surface area (Å²) in [4.78, 5) is 35.3. The van der Waals surface area contributed by atoms with E-state index in [0.717, 1.165) is 10.6 Å². The van der Waals surface area contributed by atoms with Gasteiger partial charge in [-0.15, -0.1) is 0 Å². The van der Waals surface area contributed by atoms with Gasteiger partial charge in [0.25, 0.3) is 0 Å². The second-order valence-corrected chi connectivity index (χ2v) is 5.35. The van der Waals surface area contributed by atoms with E-state index in [4.69, 9.17) is 9.47 Å². The molecule has 3 rings (SSSR count). The molecule has 0 unspecified atom stereocenters. The van der Waals surface area contributed by atoms with Crippen LogP contribution in [0, 0.1) is 0 Å². The number of fused-ring (bicyclic) bond motifs is 1. The molecule has 8 heteroatoms. The average molecular weight is 319 g/mol. The fourth-order valence-electron chi connectivity index (χ4n) is 2.42. The quantitative estimate of drug-likeness (QED) is 0.738. The van der Waals surface area contributed by atoms with Gasteiger partial charge in [-0.2, -0.15) is 0 Å². The summed E-state index contributed by atoms with van der Waals surface area (Å²) < 4.78 is 11.4. The van der Waals surface area contributed by atoms with Crippen LogP contribution in [0.15, 0.2) is 24.3 Å². The fraction of sp³-hybridized carbons (Fsp3) is 0.400. The normalized spacial score (nSPS) is 19.5. The van der Waals surface area contributed by atoms with Gasteiger partial charge in [0, 0.05) is 13.0 Å². The van der Waals surface area contributed by atoms with Gasteiger partial charge in [-0.05, 0) is 12.1 Å². The van der Waals surface area contributed by atoms with Gasteiger partial charge in [-0.3, -0.25) is 14.9 Å². The first kappa shape index (κ1) is 15.1. The lowest BCUT2D eigenvalue weighted by atomic mass is 10.2. The summed E-state index contributed by atoms with van der Waals surface area (Å²) in [6.45, 7) is 0.611. The molecule has 1 saturated heterocycles. The number of urea groups is 1. The predicted octanol–water partition coefficient (Wildman–Crippen LogP) is -0.115. The lowest BCUT2D eigenvalue weighted by Crippen LogP contribution is -2.40. The summed E-state index contributed by atoms with van der Waals surface area (Å²) in [5.74, 6) is 0.709. The number of carbonyl (C=O) groups is 3. The van der Waals surface area contributed by atoms with Crippen LogP contribution in [-0.2, 0) is 9.59 Å². The summed E-state index contributed by atoms with van der Waals surface area (Å²) >= 11 is 0. The van der Waals surface area contributed by atoms with Crippen molar-refractivity contribution in [3.05, 3.63) is 24.3 Å². The summed E-state index contributed by atoms with van der Waals surface area (Å²) in [6, 6.07) is 6.89. The van der Waals surface area contributed by atoms with E-state index in [1.165, 1.54) is 0 Å². The number of benzene rings is 1. The highest BCUT2D eigenvalue weighted by atomic mass is 16.6. The molecule has 1 aromatic rings. The number of para-hydroxylation sites is 2. The molecule has 2 aliphatic heterocycles. The Balaban J connectivity index is 1.39. The van der Waals surface area contributed by atoms with E-state index in [9.17, 15) is 14.4 Å². The van der Waals surface area contributed by atoms with Gasteiger partial charge >= 0.3 is 6.03 Å². The highest BCUT2D eigenvalue weighted by molar-refractivity contribution is 6.03. The summed E-state index contributed by atoms with van der Waals surface area (Å²) in [7, 11) is 0. The zero-order chi connectivity index (χ0) is 16.2. The molecule has 0 spiro atoms. The Labute approximate surface area is 132 Å². The number of amides is 4. The molecule has 2 N–H and O–H groups in total. The number of imide groups is 1. The molecule has 1 aromatic carbocycles. The van der Waals surface area contributed by atoms with Gasteiger partial charge in [0.2, 0.25) is 11.8 Å². The molecule has 8 nitrogen and oxygen atoms in total. The molecule has 1 fully saturated rings. The van der Waals surface area contributed by atoms with Crippen LogP contribution in [0.4, 0.5) is 4.79 Å². The first-order chi connectivity index (χ1) is 11.1. The van der Waals surface area contributed by atoms with Crippen LogP contribution < -0.4 is 20.1 Å². The van der Waals surface area contributed by atoms with Gasteiger partial charge in [0.05, 0.1) is 0 Å². The molecule has 0 radical (unpaired) electrons. The number of hydrogen-bond acceptors (Lipinski definition) is 5. The fourth-order valence-corrected chi connectivity index (χ4v) is 2.42. The maximum atomic E-state index is 11.8. The molecule has 0 aliphatic carbocycles. The van der Waals surface area contributed by atoms with Gasteiger partial charge in [-0.1, -0.05) is 12.1 Å². The topological polar surface area (TPSA) is 97.0 Å². The molecule has 122 valence electrons. The summed E-state index contributed by atoms with van der Waals surface area (Å²) in [5.41, 5.74) is 0. The Morgan fingerprint density at radius 1 is 1.30 bits per heavy atom. The molecule has 4 amide bonds. The van der Waals surface area contributed by atoms with Crippen LogP contribution in [0.25, 0.3) is 0 Å². The minimum atomic E-state index is -0.536. The SMILES string of the molecule is O=C(CN1CC(=O)NC1=O)NCC[C@H]1COc2ccccc2O1. The number of rotatable bonds is 5. The zero-order valence-corrected chi connectivity index (χ0v) is 12.4. The van der Waals surface area contributed by atoms with Gasteiger partial charge in [0.15, 0.2) is 11.5 Å². The largest absolute Gasteiger partial charge is 0.486 e. The van der Waals surface area contributed by atoms with Gasteiger partial charge in [0.1, 0.15) is 25.8 Å². The van der Waals surface area contributed by atoms with Crippen molar-refractivity contribution in [1.29, 1.82) is 0 Å². The molecule has 0 aromatic heterocycles. The highest BCUT2D eigenvalue weighted by Gasteiger charge is 2.28. The monoisotopic (exact) mass is 319 g/mol. The van der Waals surface area contributed by atoms with E-state index < -0.39 is 11.9 Å². The molecular weight excluding hydrogens is 302 g/mol. The van der Waals surface area contributed by atoms with Crippen molar-refractivity contribution in [2.24, 2.45) is 0 Å². The predicted molar refractivity (Wildman–Crippen MR) is 79.1 cm³/mol. The van der Waals surface area contributed by atoms with Crippen LogP contribution in [-0.4, -0.2) is 55.1 Å². The average Bonchev–Trinajstić information content (AvgIpc) is 2.84. The molecule has 2 heterocycles. The van der Waals surface area contributed by atoms with Crippen molar-refractivity contribution in [2.45, 2.75) is 12.5 Å². The lowest BCUT2D eigenvalue weighted by Gasteiger charge is -2.26. The second kappa shape index (κ2) is 6.55. The van der Waals surface area contributed by atoms with Crippen molar-refractivity contribution in [3.63, 3.8) is 0 Å². The second-order valence-electron chi connectivity index (χ2n) is 5.35. The summed E-state index contributed by atoms with van der Waals surface area (Å²) in [6.07, 6.45) is 0.451. The molecular formula is C15H17N3O5. The van der Waals surface area contributed by atoms with Crippen molar-refractivity contribution in [2.75, 3.05) is 26.2 Å². The third-order valence-electron chi connectivity index (χ3n) is 3.56. The van der Waals surface area contributed by atoms with Crippen LogP contribution in [0.2, 0.25) is 0 Å². The number of nitrogens with zero attached hydrogens (tertiary/aromatic N) is 1. The lowest BCUT2D eigenvalue weighted by molar-refractivity contribution is -0.122. The highest BCUT2D eigenvalue weighted by Crippen LogP contribution is 2.31. The first-order valence-corrected chi connectivity index (χ1v) is 7.36. The Morgan fingerprint density at radius 3 is 2.83 bits per heavy atom. The summed E-state index contributed by atoms with van der Waals surface area (Å²) in [5, 5.41) is 4.83. The Kier molecular flexibility index (Phi) is 4.31. The standard InChI is InChI=1S/C15H17N3O5/c19-13(7-18-8-14(20)17-15(18)21)16-6-5-10-9-22-11-3-1-2-4-12(11)23-10/h1-4,10H,5-9H2,(H,16,19)(H,17,20,21)/t10-/m0/s1. The van der Waals surface area contributed by atoms with Crippen LogP contribution in [0.3, 0.4) is 0 Å². The molecule has 1 atom stereocenters. The Bertz CT molecular complexity index is 633. The number of carbonyl (C=O) groups excluding carboxylic acids is 3. The van der Waals surface area contributed by atoms with Crippen LogP contribution in [0.5, 0.6) is 11.5 Å². The van der Waals surface area contributed by atoms with Gasteiger partial charge in [-0.25, -0.2) is 4.79 Å². The minimum absolute atomic E-state index is 0.0807. The third kappa shape index (κ3) is 3.71. The number of hydrogen-bond donors (Lipinski definition) is 2. The molecule has 0 bridgehead atoms. The Hall–Kier alpha value is -2.77. The van der Waals surface area contributed by atoms with E-state index in [0.29, 0.717) is 25.3 Å². The van der Waals surface area contributed by atoms with Crippen molar-refractivity contribution in [1.82, 2.24) is 15.5 Å². The third-order valence-corrected chi connectivity index (χ3v) is 3.56. The smallest absolute Gasteiger partial charge is 0.325 e. The van der Waals surface area contributed by atoms with Crippen LogP contribution >= 0.6 is 0 Å². The Morgan fingerprint density at radius 2 is 2.09 bits per heavy atom. The van der Waals surface area contributed by atoms with Crippen molar-refractivity contribution in [3.8, 4) is 11.5 Å². The van der Waals surface area contributed by atoms with E-state index >= 15 is 0 Å². The van der Waals surface area contributed by atoms with Crippen LogP contribution in [0.1, 0.15) is 6.42 Å². The molecule has 23 heavy (non-hydrogen) atoms. The number of nitrogens with one attached hydrogen (secondary N) is 2. The zero-order valence-electron chi connectivity index (χ0n) is 12.4.